The molecule has 4 heteroatoms. The molecule has 0 heterocycles. The molecule has 2 rings (SSSR count). The topological polar surface area (TPSA) is 44.8 Å². The average Bonchev–Trinajstić information content (AvgIpc) is 2.26. The third kappa shape index (κ3) is 3.50. The zero-order valence-electron chi connectivity index (χ0n) is 10.5. The summed E-state index contributed by atoms with van der Waals surface area (Å²) >= 11 is 0. The Kier molecular flexibility index (Phi) is 4.95. The summed E-state index contributed by atoms with van der Waals surface area (Å²) in [5, 5.41) is 0. The molecule has 2 unspecified atom stereocenters. The van der Waals surface area contributed by atoms with Crippen LogP contribution in [-0.4, -0.2) is 44.9 Å². The fourth-order valence-corrected chi connectivity index (χ4v) is 2.24. The Morgan fingerprint density at radius 1 is 1.18 bits per heavy atom. The van der Waals surface area contributed by atoms with Crippen molar-refractivity contribution < 1.29 is 19.0 Å². The molecule has 0 amide bonds. The first-order chi connectivity index (χ1) is 8.31. The second kappa shape index (κ2) is 6.47. The van der Waals surface area contributed by atoms with Crippen LogP contribution in [0.4, 0.5) is 0 Å². The molecule has 0 radical (unpaired) electrons. The summed E-state index contributed by atoms with van der Waals surface area (Å²) in [4.78, 5) is 11.4. The highest BCUT2D eigenvalue weighted by Gasteiger charge is 2.41. The summed E-state index contributed by atoms with van der Waals surface area (Å²) in [6.45, 7) is 1.76. The predicted molar refractivity (Wildman–Crippen MR) is 62.9 cm³/mol. The summed E-state index contributed by atoms with van der Waals surface area (Å²) in [6.07, 6.45) is 5.36. The fourth-order valence-electron chi connectivity index (χ4n) is 2.24. The Balaban J connectivity index is 1.57. The normalized spacial score (nSPS) is 28.9. The van der Waals surface area contributed by atoms with Gasteiger partial charge in [-0.3, -0.25) is 4.79 Å². The third-order valence-corrected chi connectivity index (χ3v) is 3.73. The van der Waals surface area contributed by atoms with Crippen LogP contribution in [0.3, 0.4) is 0 Å². The van der Waals surface area contributed by atoms with Crippen LogP contribution in [0.5, 0.6) is 0 Å². The summed E-state index contributed by atoms with van der Waals surface area (Å²) in [6, 6.07) is 0. The maximum Gasteiger partial charge on any atom is 0.166 e. The van der Waals surface area contributed by atoms with Crippen molar-refractivity contribution in [1.29, 1.82) is 0 Å². The number of hydrogen-bond donors (Lipinski definition) is 0. The molecule has 17 heavy (non-hydrogen) atoms. The fraction of sp³-hybridized carbons (Fsp3) is 0.923. The van der Waals surface area contributed by atoms with E-state index >= 15 is 0 Å². The zero-order chi connectivity index (χ0) is 12.1. The third-order valence-electron chi connectivity index (χ3n) is 3.73. The van der Waals surface area contributed by atoms with Gasteiger partial charge in [-0.1, -0.05) is 19.3 Å². The molecule has 2 atom stereocenters. The molecule has 0 N–H and O–H groups in total. The van der Waals surface area contributed by atoms with Gasteiger partial charge in [-0.05, 0) is 12.3 Å². The van der Waals surface area contributed by atoms with Gasteiger partial charge in [0.05, 0.1) is 19.3 Å². The van der Waals surface area contributed by atoms with Crippen LogP contribution in [0.15, 0.2) is 0 Å². The molecule has 0 aliphatic heterocycles. The molecule has 2 fully saturated rings. The van der Waals surface area contributed by atoms with E-state index < -0.39 is 0 Å². The van der Waals surface area contributed by atoms with E-state index in [4.69, 9.17) is 14.2 Å². The minimum Gasteiger partial charge on any atom is -0.382 e. The van der Waals surface area contributed by atoms with Crippen molar-refractivity contribution in [3.63, 3.8) is 0 Å². The number of ketones is 1. The van der Waals surface area contributed by atoms with E-state index in [1.807, 2.05) is 0 Å². The molecule has 0 bridgehead atoms. The SMILES string of the molecule is COCCOC1C(=O)CC1OCCC1CCC1. The van der Waals surface area contributed by atoms with E-state index in [2.05, 4.69) is 0 Å². The molecule has 2 aliphatic rings. The van der Waals surface area contributed by atoms with Crippen LogP contribution in [0.1, 0.15) is 32.1 Å². The lowest BCUT2D eigenvalue weighted by Crippen LogP contribution is -2.51. The second-order valence-electron chi connectivity index (χ2n) is 4.95. The molecular weight excluding hydrogens is 220 g/mol. The van der Waals surface area contributed by atoms with Gasteiger partial charge in [0.1, 0.15) is 6.10 Å². The van der Waals surface area contributed by atoms with Crippen LogP contribution >= 0.6 is 0 Å². The summed E-state index contributed by atoms with van der Waals surface area (Å²) in [5.74, 6) is 1.02. The van der Waals surface area contributed by atoms with Crippen LogP contribution in [-0.2, 0) is 19.0 Å². The van der Waals surface area contributed by atoms with E-state index in [1.165, 1.54) is 19.3 Å². The quantitative estimate of drug-likeness (QED) is 0.606. The van der Waals surface area contributed by atoms with E-state index in [0.29, 0.717) is 19.6 Å². The van der Waals surface area contributed by atoms with Crippen molar-refractivity contribution >= 4 is 5.78 Å². The number of carbonyl (C=O) groups excluding carboxylic acids is 1. The second-order valence-corrected chi connectivity index (χ2v) is 4.95. The van der Waals surface area contributed by atoms with Gasteiger partial charge in [0, 0.05) is 20.1 Å². The molecule has 4 nitrogen and oxygen atoms in total. The van der Waals surface area contributed by atoms with E-state index in [9.17, 15) is 4.79 Å². The largest absolute Gasteiger partial charge is 0.382 e. The van der Waals surface area contributed by atoms with E-state index in [1.54, 1.807) is 7.11 Å². The minimum atomic E-state index is -0.341. The highest BCUT2D eigenvalue weighted by atomic mass is 16.6. The molecule has 0 spiro atoms. The summed E-state index contributed by atoms with van der Waals surface area (Å²) in [7, 11) is 1.62. The number of rotatable bonds is 8. The first-order valence-electron chi connectivity index (χ1n) is 6.56. The van der Waals surface area contributed by atoms with Gasteiger partial charge in [-0.25, -0.2) is 0 Å². The van der Waals surface area contributed by atoms with Crippen molar-refractivity contribution in [3.05, 3.63) is 0 Å². The van der Waals surface area contributed by atoms with Gasteiger partial charge in [-0.15, -0.1) is 0 Å². The number of methoxy groups -OCH3 is 1. The summed E-state index contributed by atoms with van der Waals surface area (Å²) < 4.78 is 16.0. The molecule has 0 saturated heterocycles. The van der Waals surface area contributed by atoms with Crippen LogP contribution < -0.4 is 0 Å². The number of carbonyl (C=O) groups is 1. The van der Waals surface area contributed by atoms with Crippen molar-refractivity contribution in [3.8, 4) is 0 Å². The Hall–Kier alpha value is -0.450. The standard InChI is InChI=1S/C13H22O4/c1-15-7-8-17-13-11(14)9-12(13)16-6-5-10-3-2-4-10/h10,12-13H,2-9H2,1H3. The Morgan fingerprint density at radius 3 is 2.59 bits per heavy atom. The smallest absolute Gasteiger partial charge is 0.166 e. The Bertz CT molecular complexity index is 250. The van der Waals surface area contributed by atoms with Crippen LogP contribution in [0.2, 0.25) is 0 Å². The average molecular weight is 242 g/mol. The Labute approximate surface area is 103 Å². The Morgan fingerprint density at radius 2 is 2.00 bits per heavy atom. The number of hydrogen-bond acceptors (Lipinski definition) is 4. The van der Waals surface area contributed by atoms with Gasteiger partial charge in [0.2, 0.25) is 0 Å². The first-order valence-corrected chi connectivity index (χ1v) is 6.56. The minimum absolute atomic E-state index is 0.0144. The molecule has 2 saturated carbocycles. The predicted octanol–water partition coefficient (Wildman–Crippen LogP) is 1.57. The van der Waals surface area contributed by atoms with Gasteiger partial charge in [-0.2, -0.15) is 0 Å². The molecule has 0 aromatic carbocycles. The van der Waals surface area contributed by atoms with Crippen molar-refractivity contribution in [2.75, 3.05) is 26.9 Å². The highest BCUT2D eigenvalue weighted by Crippen LogP contribution is 2.30. The van der Waals surface area contributed by atoms with Gasteiger partial charge in [0.15, 0.2) is 5.78 Å². The lowest BCUT2D eigenvalue weighted by atomic mass is 9.83. The zero-order valence-corrected chi connectivity index (χ0v) is 10.5. The summed E-state index contributed by atoms with van der Waals surface area (Å²) in [5.41, 5.74) is 0. The van der Waals surface area contributed by atoms with Crippen LogP contribution in [0.25, 0.3) is 0 Å². The van der Waals surface area contributed by atoms with Crippen molar-refractivity contribution in [1.82, 2.24) is 0 Å². The maximum atomic E-state index is 11.4. The molecule has 2 aliphatic carbocycles. The van der Waals surface area contributed by atoms with Crippen LogP contribution in [0, 0.1) is 5.92 Å². The van der Waals surface area contributed by atoms with Gasteiger partial charge < -0.3 is 14.2 Å². The monoisotopic (exact) mass is 242 g/mol. The molecular formula is C13H22O4. The maximum absolute atomic E-state index is 11.4. The van der Waals surface area contributed by atoms with Gasteiger partial charge >= 0.3 is 0 Å². The first kappa shape index (κ1) is 13.0. The lowest BCUT2D eigenvalue weighted by molar-refractivity contribution is -0.168. The van der Waals surface area contributed by atoms with Crippen molar-refractivity contribution in [2.24, 2.45) is 5.92 Å². The number of ether oxygens (including phenoxy) is 3. The highest BCUT2D eigenvalue weighted by molar-refractivity contribution is 5.90. The lowest BCUT2D eigenvalue weighted by Gasteiger charge is -2.35. The number of Topliss-reactive ketones (excluding diaryl/α,β-unsaturated/α-hetero) is 1. The van der Waals surface area contributed by atoms with E-state index in [0.717, 1.165) is 18.9 Å². The van der Waals surface area contributed by atoms with E-state index in [-0.39, 0.29) is 18.0 Å². The molecule has 0 aromatic heterocycles. The van der Waals surface area contributed by atoms with Crippen molar-refractivity contribution in [2.45, 2.75) is 44.3 Å². The van der Waals surface area contributed by atoms with Gasteiger partial charge in [0.25, 0.3) is 0 Å². The molecule has 98 valence electrons. The molecule has 0 aromatic rings.